The Morgan fingerprint density at radius 1 is 1.47 bits per heavy atom. The van der Waals surface area contributed by atoms with E-state index in [0.717, 1.165) is 27.1 Å². The van der Waals surface area contributed by atoms with Gasteiger partial charge in [0.2, 0.25) is 0 Å². The van der Waals surface area contributed by atoms with Gasteiger partial charge in [-0.15, -0.1) is 0 Å². The smallest absolute Gasteiger partial charge is 0.151 e. The molecule has 0 fully saturated rings. The highest BCUT2D eigenvalue weighted by atomic mass is 79.9. The number of hydrogen-bond acceptors (Lipinski definition) is 2. The first-order valence-electron chi connectivity index (χ1n) is 4.83. The number of aromatic nitrogens is 2. The molecular formula is C11H13BrN2O. The van der Waals surface area contributed by atoms with Crippen LogP contribution < -0.4 is 0 Å². The molecule has 0 aromatic carbocycles. The minimum absolute atomic E-state index is 0.506. The molecule has 0 spiro atoms. The van der Waals surface area contributed by atoms with Crippen LogP contribution in [0.25, 0.3) is 5.65 Å². The zero-order valence-corrected chi connectivity index (χ0v) is 10.5. The number of nitrogens with zero attached hydrogens (tertiary/aromatic N) is 2. The fraction of sp³-hybridized carbons (Fsp3) is 0.364. The molecule has 0 aliphatic rings. The van der Waals surface area contributed by atoms with E-state index in [1.54, 1.807) is 6.92 Å². The Morgan fingerprint density at radius 2 is 2.13 bits per heavy atom. The lowest BCUT2D eigenvalue weighted by Crippen LogP contribution is -1.99. The summed E-state index contributed by atoms with van der Waals surface area (Å²) in [4.78, 5) is 4.43. The van der Waals surface area contributed by atoms with Crippen molar-refractivity contribution < 1.29 is 5.11 Å². The molecule has 15 heavy (non-hydrogen) atoms. The van der Waals surface area contributed by atoms with Gasteiger partial charge in [-0.2, -0.15) is 0 Å². The number of aliphatic hydroxyl groups is 1. The van der Waals surface area contributed by atoms with Crippen LogP contribution in [0.4, 0.5) is 0 Å². The minimum Gasteiger partial charge on any atom is -0.387 e. The fourth-order valence-electron chi connectivity index (χ4n) is 1.87. The van der Waals surface area contributed by atoms with Gasteiger partial charge in [0, 0.05) is 6.20 Å². The van der Waals surface area contributed by atoms with Crippen molar-refractivity contribution in [2.75, 3.05) is 0 Å². The van der Waals surface area contributed by atoms with Gasteiger partial charge < -0.3 is 5.11 Å². The average molecular weight is 269 g/mol. The second kappa shape index (κ2) is 3.61. The van der Waals surface area contributed by atoms with E-state index in [-0.39, 0.29) is 0 Å². The van der Waals surface area contributed by atoms with E-state index in [1.807, 2.05) is 30.5 Å². The molecular weight excluding hydrogens is 256 g/mol. The second-order valence-electron chi connectivity index (χ2n) is 3.82. The summed E-state index contributed by atoms with van der Waals surface area (Å²) in [6.07, 6.45) is 1.48. The number of halogens is 1. The fourth-order valence-corrected chi connectivity index (χ4v) is 2.51. The molecule has 2 rings (SSSR count). The summed E-state index contributed by atoms with van der Waals surface area (Å²) < 4.78 is 2.90. The van der Waals surface area contributed by atoms with Crippen molar-refractivity contribution in [2.24, 2.45) is 0 Å². The highest BCUT2D eigenvalue weighted by Gasteiger charge is 2.14. The maximum atomic E-state index is 9.70. The summed E-state index contributed by atoms with van der Waals surface area (Å²) in [5, 5.41) is 9.70. The monoisotopic (exact) mass is 268 g/mol. The van der Waals surface area contributed by atoms with Crippen LogP contribution in [0.3, 0.4) is 0 Å². The number of pyridine rings is 1. The van der Waals surface area contributed by atoms with Crippen LogP contribution >= 0.6 is 15.9 Å². The third kappa shape index (κ3) is 1.68. The molecule has 0 amide bonds. The number of imidazole rings is 1. The van der Waals surface area contributed by atoms with E-state index in [9.17, 15) is 5.11 Å². The summed E-state index contributed by atoms with van der Waals surface area (Å²) in [7, 11) is 0. The molecule has 0 radical (unpaired) electrons. The molecule has 2 aromatic heterocycles. The molecule has 3 nitrogen and oxygen atoms in total. The van der Waals surface area contributed by atoms with Gasteiger partial charge in [0.15, 0.2) is 5.65 Å². The second-order valence-corrected chi connectivity index (χ2v) is 4.67. The van der Waals surface area contributed by atoms with E-state index < -0.39 is 6.10 Å². The van der Waals surface area contributed by atoms with Gasteiger partial charge in [-0.1, -0.05) is 0 Å². The van der Waals surface area contributed by atoms with Crippen LogP contribution in [-0.4, -0.2) is 14.5 Å². The lowest BCUT2D eigenvalue weighted by atomic mass is 10.2. The molecule has 0 aliphatic heterocycles. The normalized spacial score (nSPS) is 13.4. The summed E-state index contributed by atoms with van der Waals surface area (Å²) in [6.45, 7) is 5.69. The molecule has 80 valence electrons. The number of rotatable bonds is 1. The molecule has 0 aliphatic carbocycles. The van der Waals surface area contributed by atoms with Crippen molar-refractivity contribution in [2.45, 2.75) is 26.9 Å². The van der Waals surface area contributed by atoms with Gasteiger partial charge in [0.1, 0.15) is 0 Å². The predicted octanol–water partition coefficient (Wildman–Crippen LogP) is 2.77. The highest BCUT2D eigenvalue weighted by Crippen LogP contribution is 2.25. The van der Waals surface area contributed by atoms with Crippen molar-refractivity contribution >= 4 is 21.6 Å². The molecule has 4 heteroatoms. The standard InChI is InChI=1S/C11H13BrN2O/c1-6-4-9(12)11-13-7(2)10(8(3)15)14(11)5-6/h4-5,8,15H,1-3H3. The summed E-state index contributed by atoms with van der Waals surface area (Å²) in [5.74, 6) is 0. The zero-order chi connectivity index (χ0) is 11.2. The Kier molecular flexibility index (Phi) is 2.56. The van der Waals surface area contributed by atoms with Crippen molar-refractivity contribution in [3.05, 3.63) is 33.7 Å². The van der Waals surface area contributed by atoms with Gasteiger partial charge in [-0.25, -0.2) is 4.98 Å². The van der Waals surface area contributed by atoms with Crippen molar-refractivity contribution in [3.8, 4) is 0 Å². The van der Waals surface area contributed by atoms with Crippen molar-refractivity contribution in [1.29, 1.82) is 0 Å². The molecule has 1 unspecified atom stereocenters. The van der Waals surface area contributed by atoms with Gasteiger partial charge in [0.05, 0.1) is 22.0 Å². The summed E-state index contributed by atoms with van der Waals surface area (Å²) >= 11 is 3.48. The SMILES string of the molecule is Cc1cc(Br)c2nc(C)c(C(C)O)n2c1. The van der Waals surface area contributed by atoms with Crippen LogP contribution in [-0.2, 0) is 0 Å². The van der Waals surface area contributed by atoms with Crippen LogP contribution in [0.15, 0.2) is 16.7 Å². The molecule has 2 aromatic rings. The van der Waals surface area contributed by atoms with Gasteiger partial charge in [-0.05, 0) is 48.3 Å². The van der Waals surface area contributed by atoms with Crippen LogP contribution in [0, 0.1) is 13.8 Å². The van der Waals surface area contributed by atoms with Crippen molar-refractivity contribution in [3.63, 3.8) is 0 Å². The number of aryl methyl sites for hydroxylation is 2. The molecule has 1 atom stereocenters. The third-order valence-corrected chi connectivity index (χ3v) is 3.01. The Morgan fingerprint density at radius 3 is 2.73 bits per heavy atom. The van der Waals surface area contributed by atoms with E-state index in [4.69, 9.17) is 0 Å². The Hall–Kier alpha value is -0.870. The van der Waals surface area contributed by atoms with Crippen LogP contribution in [0.2, 0.25) is 0 Å². The summed E-state index contributed by atoms with van der Waals surface area (Å²) in [5.41, 5.74) is 3.72. The molecule has 0 saturated heterocycles. The van der Waals surface area contributed by atoms with Gasteiger partial charge >= 0.3 is 0 Å². The number of aliphatic hydroxyl groups excluding tert-OH is 1. The van der Waals surface area contributed by atoms with E-state index in [0.29, 0.717) is 0 Å². The Bertz CT molecular complexity index is 517. The molecule has 0 saturated carbocycles. The molecule has 1 N–H and O–H groups in total. The van der Waals surface area contributed by atoms with Crippen LogP contribution in [0.1, 0.15) is 30.0 Å². The quantitative estimate of drug-likeness (QED) is 0.864. The third-order valence-electron chi connectivity index (χ3n) is 2.43. The van der Waals surface area contributed by atoms with Gasteiger partial charge in [0.25, 0.3) is 0 Å². The molecule has 2 heterocycles. The first-order valence-corrected chi connectivity index (χ1v) is 5.62. The number of hydrogen-bond donors (Lipinski definition) is 1. The first-order chi connectivity index (χ1) is 7.00. The predicted molar refractivity (Wildman–Crippen MR) is 63.0 cm³/mol. The number of fused-ring (bicyclic) bond motifs is 1. The average Bonchev–Trinajstić information content (AvgIpc) is 2.41. The lowest BCUT2D eigenvalue weighted by molar-refractivity contribution is 0.192. The van der Waals surface area contributed by atoms with E-state index in [2.05, 4.69) is 20.9 Å². The van der Waals surface area contributed by atoms with Gasteiger partial charge in [-0.3, -0.25) is 4.40 Å². The van der Waals surface area contributed by atoms with E-state index in [1.165, 1.54) is 0 Å². The van der Waals surface area contributed by atoms with Crippen molar-refractivity contribution in [1.82, 2.24) is 9.38 Å². The topological polar surface area (TPSA) is 37.5 Å². The largest absolute Gasteiger partial charge is 0.387 e. The zero-order valence-electron chi connectivity index (χ0n) is 8.95. The van der Waals surface area contributed by atoms with E-state index >= 15 is 0 Å². The highest BCUT2D eigenvalue weighted by molar-refractivity contribution is 9.10. The maximum Gasteiger partial charge on any atom is 0.151 e. The Labute approximate surface area is 96.9 Å². The summed E-state index contributed by atoms with van der Waals surface area (Å²) in [6, 6.07) is 2.02. The molecule has 0 bridgehead atoms. The maximum absolute atomic E-state index is 9.70. The van der Waals surface area contributed by atoms with Crippen LogP contribution in [0.5, 0.6) is 0 Å². The minimum atomic E-state index is -0.506. The lowest BCUT2D eigenvalue weighted by Gasteiger charge is -2.07. The Balaban J connectivity index is 2.86. The first kappa shape index (κ1) is 10.6.